The van der Waals surface area contributed by atoms with Gasteiger partial charge < -0.3 is 14.2 Å². The van der Waals surface area contributed by atoms with E-state index >= 15 is 0 Å². The number of ether oxygens (including phenoxy) is 3. The van der Waals surface area contributed by atoms with E-state index in [4.69, 9.17) is 14.2 Å². The molecule has 6 heteroatoms. The summed E-state index contributed by atoms with van der Waals surface area (Å²) >= 11 is 0. The Kier molecular flexibility index (Phi) is 8.22. The Morgan fingerprint density at radius 1 is 1.04 bits per heavy atom. The van der Waals surface area contributed by atoms with Gasteiger partial charge in [-0.2, -0.15) is 0 Å². The van der Waals surface area contributed by atoms with Gasteiger partial charge in [-0.05, 0) is 37.5 Å². The predicted molar refractivity (Wildman–Crippen MR) is 80.7 cm³/mol. The van der Waals surface area contributed by atoms with Crippen LogP contribution in [0.15, 0.2) is 12.1 Å². The first-order valence-electron chi connectivity index (χ1n) is 8.26. The quantitative estimate of drug-likeness (QED) is 0.701. The first-order valence-corrected chi connectivity index (χ1v) is 8.26. The largest absolute Gasteiger partial charge is 0.384 e. The normalized spacial score (nSPS) is 30.6. The van der Waals surface area contributed by atoms with Crippen molar-refractivity contribution in [1.82, 2.24) is 0 Å². The molecule has 1 radical (unpaired) electrons. The first-order chi connectivity index (χ1) is 11.2. The Hall–Kier alpha value is 0.0639. The zero-order chi connectivity index (χ0) is 16.2. The molecule has 0 spiro atoms. The van der Waals surface area contributed by atoms with Crippen molar-refractivity contribution in [3.8, 4) is 0 Å². The van der Waals surface area contributed by atoms with Gasteiger partial charge in [0.15, 0.2) is 6.29 Å². The van der Waals surface area contributed by atoms with Crippen molar-refractivity contribution in [1.29, 1.82) is 0 Å². The van der Waals surface area contributed by atoms with Gasteiger partial charge in [-0.1, -0.05) is 5.56 Å². The fourth-order valence-electron chi connectivity index (χ4n) is 3.70. The Morgan fingerprint density at radius 2 is 1.62 bits per heavy atom. The topological polar surface area (TPSA) is 27.7 Å². The molecule has 1 heterocycles. The maximum Gasteiger partial charge on any atom is 0.162 e. The van der Waals surface area contributed by atoms with Crippen molar-refractivity contribution in [2.45, 2.75) is 32.0 Å². The van der Waals surface area contributed by atoms with Crippen LogP contribution in [0.4, 0.5) is 8.78 Å². The van der Waals surface area contributed by atoms with Gasteiger partial charge in [-0.15, -0.1) is 18.2 Å². The molecule has 0 bridgehead atoms. The molecule has 1 aliphatic carbocycles. The zero-order valence-electron chi connectivity index (χ0n) is 14.0. The van der Waals surface area contributed by atoms with Crippen molar-refractivity contribution < 1.29 is 55.7 Å². The average Bonchev–Trinajstić information content (AvgIpc) is 2.55. The molecule has 3 rings (SSSR count). The molecule has 0 aromatic heterocycles. The van der Waals surface area contributed by atoms with Gasteiger partial charge in [0.1, 0.15) is 0 Å². The van der Waals surface area contributed by atoms with Gasteiger partial charge in [0.2, 0.25) is 0 Å². The van der Waals surface area contributed by atoms with E-state index in [9.17, 15) is 8.78 Å². The molecule has 131 valence electrons. The standard InChI is InChI=1S/C18H23F2O3.Y/c1-21-9-12-2-4-13(5-3-12)15-10-22-18(23-11-15)14-6-16(19)8-17(20)7-14;/h6-7,12-13,15,18H,2-5,9-11H2,1H3;/q-1;. The van der Waals surface area contributed by atoms with E-state index in [1.54, 1.807) is 7.11 Å². The van der Waals surface area contributed by atoms with E-state index in [1.807, 2.05) is 6.07 Å². The van der Waals surface area contributed by atoms with Gasteiger partial charge in [0.25, 0.3) is 0 Å². The minimum Gasteiger partial charge on any atom is -0.384 e. The van der Waals surface area contributed by atoms with Crippen LogP contribution in [0.5, 0.6) is 0 Å². The molecule has 2 fully saturated rings. The van der Waals surface area contributed by atoms with Crippen molar-refractivity contribution in [3.63, 3.8) is 0 Å². The summed E-state index contributed by atoms with van der Waals surface area (Å²) in [5.41, 5.74) is 0.376. The molecule has 0 atom stereocenters. The Bertz CT molecular complexity index is 493. The average molecular weight is 414 g/mol. The van der Waals surface area contributed by atoms with Gasteiger partial charge in [-0.25, -0.2) is 8.78 Å². The van der Waals surface area contributed by atoms with E-state index in [-0.39, 0.29) is 32.7 Å². The number of rotatable bonds is 4. The third-order valence-corrected chi connectivity index (χ3v) is 4.98. The molecule has 1 aliphatic heterocycles. The molecule has 3 nitrogen and oxygen atoms in total. The maximum absolute atomic E-state index is 13.2. The molecule has 1 saturated heterocycles. The van der Waals surface area contributed by atoms with Crippen LogP contribution in [-0.4, -0.2) is 26.9 Å². The molecule has 1 aromatic carbocycles. The van der Waals surface area contributed by atoms with Crippen LogP contribution >= 0.6 is 0 Å². The van der Waals surface area contributed by atoms with Crippen LogP contribution in [0.25, 0.3) is 0 Å². The molecule has 0 amide bonds. The first kappa shape index (κ1) is 20.4. The SMILES string of the molecule is COCC1CCC(C2COC(c3cc(F)[c-]c(F)c3)OC2)CC1.[Y]. The third-order valence-electron chi connectivity index (χ3n) is 4.98. The summed E-state index contributed by atoms with van der Waals surface area (Å²) in [5.74, 6) is 0.166. The second kappa shape index (κ2) is 9.68. The van der Waals surface area contributed by atoms with E-state index in [0.29, 0.717) is 36.5 Å². The molecule has 24 heavy (non-hydrogen) atoms. The summed E-state index contributed by atoms with van der Waals surface area (Å²) in [4.78, 5) is 0. The maximum atomic E-state index is 13.2. The van der Waals surface area contributed by atoms with Crippen molar-refractivity contribution >= 4 is 0 Å². The predicted octanol–water partition coefficient (Wildman–Crippen LogP) is 3.88. The Morgan fingerprint density at radius 3 is 2.17 bits per heavy atom. The summed E-state index contributed by atoms with van der Waals surface area (Å²) in [7, 11) is 1.75. The second-order valence-corrected chi connectivity index (χ2v) is 6.60. The molecular formula is C18H23F2O3Y-. The van der Waals surface area contributed by atoms with Gasteiger partial charge >= 0.3 is 0 Å². The number of methoxy groups -OCH3 is 1. The van der Waals surface area contributed by atoms with E-state index in [0.717, 1.165) is 6.61 Å². The molecular weight excluding hydrogens is 391 g/mol. The fraction of sp³-hybridized carbons (Fsp3) is 0.667. The van der Waals surface area contributed by atoms with Crippen LogP contribution in [0.2, 0.25) is 0 Å². The Balaban J connectivity index is 0.00000208. The van der Waals surface area contributed by atoms with Crippen LogP contribution in [-0.2, 0) is 46.9 Å². The smallest absolute Gasteiger partial charge is 0.162 e. The summed E-state index contributed by atoms with van der Waals surface area (Å²) in [6, 6.07) is 4.39. The van der Waals surface area contributed by atoms with Crippen LogP contribution < -0.4 is 0 Å². The van der Waals surface area contributed by atoms with E-state index in [1.165, 1.54) is 37.8 Å². The molecule has 2 aliphatic rings. The minimum atomic E-state index is -0.731. The van der Waals surface area contributed by atoms with Crippen LogP contribution in [0.1, 0.15) is 37.5 Å². The third kappa shape index (κ3) is 5.28. The van der Waals surface area contributed by atoms with Gasteiger partial charge in [0.05, 0.1) is 13.2 Å². The zero-order valence-corrected chi connectivity index (χ0v) is 16.8. The van der Waals surface area contributed by atoms with Crippen molar-refractivity contribution in [2.24, 2.45) is 17.8 Å². The molecule has 0 unspecified atom stereocenters. The fourth-order valence-corrected chi connectivity index (χ4v) is 3.70. The van der Waals surface area contributed by atoms with E-state index < -0.39 is 17.9 Å². The van der Waals surface area contributed by atoms with Gasteiger partial charge in [0, 0.05) is 64.0 Å². The molecule has 1 aromatic rings. The van der Waals surface area contributed by atoms with Gasteiger partial charge in [-0.3, -0.25) is 0 Å². The number of hydrogen-bond acceptors (Lipinski definition) is 3. The van der Waals surface area contributed by atoms with Crippen LogP contribution in [0, 0.1) is 35.5 Å². The minimum absolute atomic E-state index is 0. The molecule has 1 saturated carbocycles. The van der Waals surface area contributed by atoms with Crippen LogP contribution in [0.3, 0.4) is 0 Å². The summed E-state index contributed by atoms with van der Waals surface area (Å²) < 4.78 is 43.1. The monoisotopic (exact) mass is 414 g/mol. The van der Waals surface area contributed by atoms with Crippen molar-refractivity contribution in [3.05, 3.63) is 35.4 Å². The Labute approximate surface area is 167 Å². The summed E-state index contributed by atoms with van der Waals surface area (Å²) in [6.45, 7) is 1.99. The summed E-state index contributed by atoms with van der Waals surface area (Å²) in [5, 5.41) is 0. The molecule has 0 N–H and O–H groups in total. The second-order valence-electron chi connectivity index (χ2n) is 6.60. The summed E-state index contributed by atoms with van der Waals surface area (Å²) in [6.07, 6.45) is 4.01. The number of hydrogen-bond donors (Lipinski definition) is 0. The number of benzene rings is 1. The van der Waals surface area contributed by atoms with E-state index in [2.05, 4.69) is 0 Å². The number of halogens is 2. The van der Waals surface area contributed by atoms with Crippen molar-refractivity contribution in [2.75, 3.05) is 26.9 Å².